The molecule has 2 atom stereocenters. The van der Waals surface area contributed by atoms with Crippen LogP contribution in [-0.2, 0) is 16.1 Å². The highest BCUT2D eigenvalue weighted by Crippen LogP contribution is 2.31. The molecular weight excluding hydrogens is 472 g/mol. The van der Waals surface area contributed by atoms with Crippen molar-refractivity contribution in [2.45, 2.75) is 38.5 Å². The van der Waals surface area contributed by atoms with E-state index in [1.54, 1.807) is 43.6 Å². The van der Waals surface area contributed by atoms with Gasteiger partial charge < -0.3 is 30.8 Å². The van der Waals surface area contributed by atoms with Gasteiger partial charge in [0.15, 0.2) is 11.7 Å². The van der Waals surface area contributed by atoms with Crippen molar-refractivity contribution in [3.05, 3.63) is 64.3 Å². The molecular formula is C23H26N6O5S. The molecule has 0 saturated carbocycles. The van der Waals surface area contributed by atoms with Crippen LogP contribution < -0.4 is 16.8 Å². The minimum atomic E-state index is -1.13. The van der Waals surface area contributed by atoms with Crippen molar-refractivity contribution >= 4 is 34.9 Å². The summed E-state index contributed by atoms with van der Waals surface area (Å²) in [7, 11) is 0. The number of aryl methyl sites for hydroxylation is 1. The minimum absolute atomic E-state index is 0.00268. The Kier molecular flexibility index (Phi) is 7.42. The van der Waals surface area contributed by atoms with E-state index in [1.165, 1.54) is 4.90 Å². The molecule has 1 saturated heterocycles. The number of carbonyl (C=O) groups is 3. The number of nitrogens with zero attached hydrogens (tertiary/aromatic N) is 3. The number of furan rings is 1. The van der Waals surface area contributed by atoms with Crippen LogP contribution in [0.1, 0.15) is 56.1 Å². The molecule has 0 spiro atoms. The van der Waals surface area contributed by atoms with Gasteiger partial charge in [-0.3, -0.25) is 19.4 Å². The molecule has 3 aromatic heterocycles. The molecule has 3 aromatic rings. The lowest BCUT2D eigenvalue weighted by atomic mass is 10.1. The molecule has 5 N–H and O–H groups in total. The van der Waals surface area contributed by atoms with E-state index in [9.17, 15) is 14.4 Å². The zero-order valence-corrected chi connectivity index (χ0v) is 19.9. The Morgan fingerprint density at radius 1 is 1.31 bits per heavy atom. The van der Waals surface area contributed by atoms with Crippen LogP contribution in [0.3, 0.4) is 0 Å². The van der Waals surface area contributed by atoms with Crippen molar-refractivity contribution in [3.8, 4) is 0 Å². The molecule has 0 aliphatic carbocycles. The van der Waals surface area contributed by atoms with Crippen molar-refractivity contribution in [1.82, 2.24) is 19.6 Å². The Balaban J connectivity index is 1.72. The third kappa shape index (κ3) is 5.49. The summed E-state index contributed by atoms with van der Waals surface area (Å²) in [6.45, 7) is 2.73. The molecule has 4 heterocycles. The summed E-state index contributed by atoms with van der Waals surface area (Å²) in [4.78, 5) is 44.4. The first-order valence-electron chi connectivity index (χ1n) is 11.1. The third-order valence-electron chi connectivity index (χ3n) is 5.61. The quantitative estimate of drug-likeness (QED) is 0.401. The second-order valence-electron chi connectivity index (χ2n) is 8.16. The second kappa shape index (κ2) is 10.7. The summed E-state index contributed by atoms with van der Waals surface area (Å²) in [5, 5.41) is 2.89. The van der Waals surface area contributed by atoms with E-state index < -0.39 is 23.8 Å². The fourth-order valence-corrected chi connectivity index (χ4v) is 4.63. The van der Waals surface area contributed by atoms with Crippen molar-refractivity contribution in [1.29, 1.82) is 0 Å². The first kappa shape index (κ1) is 24.4. The monoisotopic (exact) mass is 498 g/mol. The van der Waals surface area contributed by atoms with Crippen molar-refractivity contribution < 1.29 is 23.5 Å². The Hall–Kier alpha value is -3.77. The van der Waals surface area contributed by atoms with Gasteiger partial charge in [0, 0.05) is 32.1 Å². The molecule has 3 amide bonds. The van der Waals surface area contributed by atoms with E-state index in [-0.39, 0.29) is 34.7 Å². The predicted octanol–water partition coefficient (Wildman–Crippen LogP) is 1.80. The van der Waals surface area contributed by atoms with Gasteiger partial charge in [-0.2, -0.15) is 4.37 Å². The summed E-state index contributed by atoms with van der Waals surface area (Å²) >= 11 is 0.750. The highest BCUT2D eigenvalue weighted by atomic mass is 32.1. The van der Waals surface area contributed by atoms with Crippen LogP contribution in [-0.4, -0.2) is 51.2 Å². The fraction of sp³-hybridized carbons (Fsp3) is 0.348. The van der Waals surface area contributed by atoms with Gasteiger partial charge in [-0.1, -0.05) is 6.07 Å². The van der Waals surface area contributed by atoms with Gasteiger partial charge in [0.05, 0.1) is 11.8 Å². The first-order chi connectivity index (χ1) is 16.8. The summed E-state index contributed by atoms with van der Waals surface area (Å²) in [6, 6.07) is 5.76. The number of hydrogen-bond donors (Lipinski definition) is 3. The van der Waals surface area contributed by atoms with E-state index >= 15 is 0 Å². The van der Waals surface area contributed by atoms with E-state index in [2.05, 4.69) is 14.7 Å². The van der Waals surface area contributed by atoms with Gasteiger partial charge in [0.1, 0.15) is 16.4 Å². The number of nitrogen functional groups attached to an aromatic ring is 1. The van der Waals surface area contributed by atoms with Gasteiger partial charge in [-0.25, -0.2) is 0 Å². The standard InChI is InChI=1S/C23H26N6O5S/c1-13-6-7-16(34-13)19(22(31)27-11-15-5-3-9-33-15)29(12-14-4-2-8-26-10-14)23(32)20-17(24)18(21(25)30)28-35-20/h2,4,6-8,10,15,19H,3,5,9,11-12,24H2,1H3,(H2,25,30)(H,27,31)/t15-,19+/m1/s1. The number of hydrogen-bond acceptors (Lipinski definition) is 9. The van der Waals surface area contributed by atoms with Crippen LogP contribution in [0.5, 0.6) is 0 Å². The highest BCUT2D eigenvalue weighted by Gasteiger charge is 2.37. The largest absolute Gasteiger partial charge is 0.464 e. The number of aromatic nitrogens is 2. The molecule has 1 aliphatic rings. The minimum Gasteiger partial charge on any atom is -0.464 e. The summed E-state index contributed by atoms with van der Waals surface area (Å²) in [5.41, 5.74) is 11.7. The third-order valence-corrected chi connectivity index (χ3v) is 6.46. The number of amides is 3. The van der Waals surface area contributed by atoms with Gasteiger partial charge in [0.25, 0.3) is 17.7 Å². The zero-order chi connectivity index (χ0) is 24.9. The number of anilines is 1. The Morgan fingerprint density at radius 3 is 2.74 bits per heavy atom. The molecule has 1 aliphatic heterocycles. The molecule has 0 bridgehead atoms. The normalized spacial score (nSPS) is 16.1. The lowest BCUT2D eigenvalue weighted by Gasteiger charge is -2.30. The molecule has 11 nitrogen and oxygen atoms in total. The molecule has 0 radical (unpaired) electrons. The molecule has 0 unspecified atom stereocenters. The summed E-state index contributed by atoms with van der Waals surface area (Å²) < 4.78 is 15.3. The highest BCUT2D eigenvalue weighted by molar-refractivity contribution is 7.09. The number of carbonyl (C=O) groups excluding carboxylic acids is 3. The number of nitrogens with two attached hydrogens (primary N) is 2. The number of ether oxygens (including phenoxy) is 1. The van der Waals surface area contributed by atoms with Gasteiger partial charge in [0.2, 0.25) is 0 Å². The summed E-state index contributed by atoms with van der Waals surface area (Å²) in [5.74, 6) is -1.01. The molecule has 1 fully saturated rings. The van der Waals surface area contributed by atoms with E-state index in [0.717, 1.165) is 24.4 Å². The van der Waals surface area contributed by atoms with Crippen molar-refractivity contribution in [2.75, 3.05) is 18.9 Å². The Morgan fingerprint density at radius 2 is 2.14 bits per heavy atom. The van der Waals surface area contributed by atoms with Gasteiger partial charge in [-0.05, 0) is 55.1 Å². The van der Waals surface area contributed by atoms with Crippen LogP contribution in [0.25, 0.3) is 0 Å². The number of primary amides is 1. The molecule has 0 aromatic carbocycles. The second-order valence-corrected chi connectivity index (χ2v) is 8.94. The van der Waals surface area contributed by atoms with Crippen LogP contribution in [0.2, 0.25) is 0 Å². The number of pyridine rings is 1. The zero-order valence-electron chi connectivity index (χ0n) is 19.1. The SMILES string of the molecule is Cc1ccc([C@@H](C(=O)NC[C@H]2CCCO2)N(Cc2cccnc2)C(=O)c2snc(C(N)=O)c2N)o1. The van der Waals surface area contributed by atoms with Crippen LogP contribution in [0.4, 0.5) is 5.69 Å². The van der Waals surface area contributed by atoms with Crippen molar-refractivity contribution in [2.24, 2.45) is 5.73 Å². The van der Waals surface area contributed by atoms with Crippen LogP contribution in [0, 0.1) is 6.92 Å². The first-order valence-corrected chi connectivity index (χ1v) is 11.8. The average molecular weight is 499 g/mol. The molecule has 4 rings (SSSR count). The fourth-order valence-electron chi connectivity index (χ4n) is 3.87. The number of rotatable bonds is 9. The van der Waals surface area contributed by atoms with E-state index in [0.29, 0.717) is 24.5 Å². The van der Waals surface area contributed by atoms with Gasteiger partial charge in [-0.15, -0.1) is 0 Å². The molecule has 35 heavy (non-hydrogen) atoms. The predicted molar refractivity (Wildman–Crippen MR) is 127 cm³/mol. The van der Waals surface area contributed by atoms with Gasteiger partial charge >= 0.3 is 0 Å². The maximum absolute atomic E-state index is 13.8. The lowest BCUT2D eigenvalue weighted by molar-refractivity contribution is -0.127. The average Bonchev–Trinajstić information content (AvgIpc) is 3.59. The maximum atomic E-state index is 13.8. The smallest absolute Gasteiger partial charge is 0.270 e. The van der Waals surface area contributed by atoms with Crippen LogP contribution in [0.15, 0.2) is 41.1 Å². The van der Waals surface area contributed by atoms with Crippen LogP contribution >= 0.6 is 11.5 Å². The topological polar surface area (TPSA) is 167 Å². The molecule has 184 valence electrons. The van der Waals surface area contributed by atoms with E-state index in [4.69, 9.17) is 20.6 Å². The van der Waals surface area contributed by atoms with Crippen molar-refractivity contribution in [3.63, 3.8) is 0 Å². The summed E-state index contributed by atoms with van der Waals surface area (Å²) in [6.07, 6.45) is 4.89. The Labute approximate surface area is 205 Å². The maximum Gasteiger partial charge on any atom is 0.270 e. The Bertz CT molecular complexity index is 1200. The lowest BCUT2D eigenvalue weighted by Crippen LogP contribution is -2.45. The number of nitrogens with one attached hydrogen (secondary N) is 1. The molecule has 12 heteroatoms. The van der Waals surface area contributed by atoms with E-state index in [1.807, 2.05) is 0 Å².